The van der Waals surface area contributed by atoms with E-state index in [0.717, 1.165) is 25.8 Å². The van der Waals surface area contributed by atoms with Crippen LogP contribution in [-0.4, -0.2) is 60.3 Å². The maximum absolute atomic E-state index is 12.7. The van der Waals surface area contributed by atoms with Gasteiger partial charge in [-0.2, -0.15) is 0 Å². The SMILES string of the molecule is CCC1(C(=O)N(C)C2COCC2C(=O)O)CCCN1. The van der Waals surface area contributed by atoms with Crippen LogP contribution in [0, 0.1) is 5.92 Å². The molecule has 19 heavy (non-hydrogen) atoms. The molecular formula is C13H22N2O4. The lowest BCUT2D eigenvalue weighted by Crippen LogP contribution is -2.57. The number of carboxylic acids is 1. The third-order valence-electron chi connectivity index (χ3n) is 4.44. The predicted octanol–water partition coefficient (Wildman–Crippen LogP) is 0.0766. The van der Waals surface area contributed by atoms with Gasteiger partial charge in [0.2, 0.25) is 5.91 Å². The van der Waals surface area contributed by atoms with Gasteiger partial charge in [0.05, 0.1) is 24.8 Å². The molecule has 0 aromatic heterocycles. The predicted molar refractivity (Wildman–Crippen MR) is 68.8 cm³/mol. The summed E-state index contributed by atoms with van der Waals surface area (Å²) in [5.74, 6) is -1.52. The van der Waals surface area contributed by atoms with E-state index < -0.39 is 17.4 Å². The number of carboxylic acid groups (broad SMARTS) is 1. The second-order valence-corrected chi connectivity index (χ2v) is 5.43. The summed E-state index contributed by atoms with van der Waals surface area (Å²) in [5.41, 5.74) is -0.513. The number of likely N-dealkylation sites (N-methyl/N-ethyl adjacent to an activating group) is 1. The zero-order valence-corrected chi connectivity index (χ0v) is 11.5. The molecule has 1 amide bonds. The highest BCUT2D eigenvalue weighted by atomic mass is 16.5. The molecule has 0 aromatic rings. The Morgan fingerprint density at radius 2 is 2.21 bits per heavy atom. The van der Waals surface area contributed by atoms with Gasteiger partial charge < -0.3 is 20.1 Å². The number of ether oxygens (including phenoxy) is 1. The minimum absolute atomic E-state index is 0.00532. The highest BCUT2D eigenvalue weighted by Gasteiger charge is 2.46. The molecule has 2 saturated heterocycles. The first-order valence-corrected chi connectivity index (χ1v) is 6.84. The minimum atomic E-state index is -0.896. The lowest BCUT2D eigenvalue weighted by Gasteiger charge is -2.35. The molecule has 0 aromatic carbocycles. The molecular weight excluding hydrogens is 248 g/mol. The van der Waals surface area contributed by atoms with Crippen molar-refractivity contribution in [3.05, 3.63) is 0 Å². The summed E-state index contributed by atoms with van der Waals surface area (Å²) in [7, 11) is 1.69. The summed E-state index contributed by atoms with van der Waals surface area (Å²) >= 11 is 0. The van der Waals surface area contributed by atoms with Crippen molar-refractivity contribution in [2.24, 2.45) is 5.92 Å². The average Bonchev–Trinajstić information content (AvgIpc) is 3.06. The first-order chi connectivity index (χ1) is 9.02. The molecule has 0 spiro atoms. The molecule has 0 aliphatic carbocycles. The summed E-state index contributed by atoms with van der Waals surface area (Å²) in [5, 5.41) is 12.5. The van der Waals surface area contributed by atoms with Crippen molar-refractivity contribution >= 4 is 11.9 Å². The Labute approximate surface area is 113 Å². The largest absolute Gasteiger partial charge is 0.481 e. The highest BCUT2D eigenvalue weighted by Crippen LogP contribution is 2.28. The zero-order chi connectivity index (χ0) is 14.0. The number of hydrogen-bond donors (Lipinski definition) is 2. The van der Waals surface area contributed by atoms with Gasteiger partial charge >= 0.3 is 5.97 Å². The topological polar surface area (TPSA) is 78.9 Å². The van der Waals surface area contributed by atoms with Gasteiger partial charge in [-0.05, 0) is 25.8 Å². The Balaban J connectivity index is 2.12. The number of hydrogen-bond acceptors (Lipinski definition) is 4. The number of nitrogens with zero attached hydrogens (tertiary/aromatic N) is 1. The number of carbonyl (C=O) groups excluding carboxylic acids is 1. The minimum Gasteiger partial charge on any atom is -0.481 e. The van der Waals surface area contributed by atoms with Crippen molar-refractivity contribution in [1.29, 1.82) is 0 Å². The molecule has 2 aliphatic rings. The molecule has 2 fully saturated rings. The number of rotatable bonds is 4. The first kappa shape index (κ1) is 14.3. The first-order valence-electron chi connectivity index (χ1n) is 6.84. The number of carbonyl (C=O) groups is 2. The van der Waals surface area contributed by atoms with Crippen LogP contribution in [0.25, 0.3) is 0 Å². The van der Waals surface area contributed by atoms with Gasteiger partial charge in [-0.1, -0.05) is 6.92 Å². The molecule has 0 bridgehead atoms. The third kappa shape index (κ3) is 2.47. The smallest absolute Gasteiger partial charge is 0.311 e. The zero-order valence-electron chi connectivity index (χ0n) is 11.5. The molecule has 2 rings (SSSR count). The Bertz CT molecular complexity index is 366. The molecule has 0 radical (unpaired) electrons. The van der Waals surface area contributed by atoms with Crippen molar-refractivity contribution in [3.63, 3.8) is 0 Å². The normalized spacial score (nSPS) is 34.4. The van der Waals surface area contributed by atoms with Crippen molar-refractivity contribution in [1.82, 2.24) is 10.2 Å². The van der Waals surface area contributed by atoms with Crippen LogP contribution in [0.5, 0.6) is 0 Å². The van der Waals surface area contributed by atoms with Gasteiger partial charge in [0.1, 0.15) is 5.92 Å². The summed E-state index contributed by atoms with van der Waals surface area (Å²) in [6.07, 6.45) is 2.52. The molecule has 6 nitrogen and oxygen atoms in total. The number of aliphatic carboxylic acids is 1. The lowest BCUT2D eigenvalue weighted by molar-refractivity contribution is -0.146. The second kappa shape index (κ2) is 5.46. The molecule has 3 atom stereocenters. The fraction of sp³-hybridized carbons (Fsp3) is 0.846. The van der Waals surface area contributed by atoms with Gasteiger partial charge in [-0.3, -0.25) is 9.59 Å². The fourth-order valence-electron chi connectivity index (χ4n) is 3.09. The van der Waals surface area contributed by atoms with Crippen LogP contribution >= 0.6 is 0 Å². The van der Waals surface area contributed by atoms with Crippen LogP contribution in [-0.2, 0) is 14.3 Å². The van der Waals surface area contributed by atoms with E-state index in [4.69, 9.17) is 9.84 Å². The maximum Gasteiger partial charge on any atom is 0.311 e. The van der Waals surface area contributed by atoms with Gasteiger partial charge in [-0.15, -0.1) is 0 Å². The van der Waals surface area contributed by atoms with Gasteiger partial charge in [0.15, 0.2) is 0 Å². The van der Waals surface area contributed by atoms with Gasteiger partial charge in [0, 0.05) is 7.05 Å². The Morgan fingerprint density at radius 3 is 2.74 bits per heavy atom. The van der Waals surface area contributed by atoms with Gasteiger partial charge in [-0.25, -0.2) is 0 Å². The third-order valence-corrected chi connectivity index (χ3v) is 4.44. The summed E-state index contributed by atoms with van der Waals surface area (Å²) in [6.45, 7) is 3.32. The number of nitrogens with one attached hydrogen (secondary N) is 1. The monoisotopic (exact) mass is 270 g/mol. The van der Waals surface area contributed by atoms with Crippen LogP contribution in [0.3, 0.4) is 0 Å². The number of amides is 1. The molecule has 108 valence electrons. The lowest BCUT2D eigenvalue weighted by atomic mass is 9.91. The Kier molecular flexibility index (Phi) is 4.10. The van der Waals surface area contributed by atoms with Gasteiger partial charge in [0.25, 0.3) is 0 Å². The van der Waals surface area contributed by atoms with Crippen LogP contribution < -0.4 is 5.32 Å². The molecule has 2 N–H and O–H groups in total. The van der Waals surface area contributed by atoms with Crippen LogP contribution in [0.1, 0.15) is 26.2 Å². The average molecular weight is 270 g/mol. The van der Waals surface area contributed by atoms with E-state index in [0.29, 0.717) is 6.61 Å². The summed E-state index contributed by atoms with van der Waals surface area (Å²) in [6, 6.07) is -0.365. The standard InChI is InChI=1S/C13H22N2O4/c1-3-13(5-4-6-14-13)12(18)15(2)10-8-19-7-9(10)11(16)17/h9-10,14H,3-8H2,1-2H3,(H,16,17). The highest BCUT2D eigenvalue weighted by molar-refractivity contribution is 5.87. The van der Waals surface area contributed by atoms with Crippen LogP contribution in [0.4, 0.5) is 0 Å². The Morgan fingerprint density at radius 1 is 1.47 bits per heavy atom. The Hall–Kier alpha value is -1.14. The molecule has 6 heteroatoms. The van der Waals surface area contributed by atoms with E-state index in [1.165, 1.54) is 0 Å². The van der Waals surface area contributed by atoms with E-state index in [1.54, 1.807) is 11.9 Å². The van der Waals surface area contributed by atoms with Crippen molar-refractivity contribution in [2.45, 2.75) is 37.8 Å². The van der Waals surface area contributed by atoms with E-state index in [1.807, 2.05) is 6.92 Å². The molecule has 0 saturated carbocycles. The van der Waals surface area contributed by atoms with Crippen LogP contribution in [0.2, 0.25) is 0 Å². The quantitative estimate of drug-likeness (QED) is 0.756. The fourth-order valence-corrected chi connectivity index (χ4v) is 3.09. The summed E-state index contributed by atoms with van der Waals surface area (Å²) < 4.78 is 5.24. The summed E-state index contributed by atoms with van der Waals surface area (Å²) in [4.78, 5) is 25.4. The maximum atomic E-state index is 12.7. The molecule has 2 heterocycles. The van der Waals surface area contributed by atoms with Crippen molar-refractivity contribution < 1.29 is 19.4 Å². The van der Waals surface area contributed by atoms with Crippen molar-refractivity contribution in [2.75, 3.05) is 26.8 Å². The van der Waals surface area contributed by atoms with E-state index in [2.05, 4.69) is 5.32 Å². The van der Waals surface area contributed by atoms with Crippen LogP contribution in [0.15, 0.2) is 0 Å². The van der Waals surface area contributed by atoms with E-state index in [9.17, 15) is 9.59 Å². The van der Waals surface area contributed by atoms with E-state index in [-0.39, 0.29) is 18.6 Å². The van der Waals surface area contributed by atoms with Crippen molar-refractivity contribution in [3.8, 4) is 0 Å². The molecule has 3 unspecified atom stereocenters. The second-order valence-electron chi connectivity index (χ2n) is 5.43. The molecule has 2 aliphatic heterocycles. The van der Waals surface area contributed by atoms with E-state index >= 15 is 0 Å².